The minimum absolute atomic E-state index is 0.0492. The first-order valence-electron chi connectivity index (χ1n) is 5.26. The first-order chi connectivity index (χ1) is 8.66. The summed E-state index contributed by atoms with van der Waals surface area (Å²) in [5.41, 5.74) is 1.06. The summed E-state index contributed by atoms with van der Waals surface area (Å²) in [5.74, 6) is -0.315. The molecular formula is C12H10ClN3O2. The molecule has 0 aliphatic rings. The second-order valence-electron chi connectivity index (χ2n) is 3.59. The monoisotopic (exact) mass is 263 g/mol. The van der Waals surface area contributed by atoms with E-state index in [0.717, 1.165) is 5.56 Å². The van der Waals surface area contributed by atoms with Crippen LogP contribution in [0.2, 0.25) is 5.02 Å². The Labute approximate surface area is 108 Å². The van der Waals surface area contributed by atoms with Crippen molar-refractivity contribution in [2.45, 2.75) is 6.54 Å². The van der Waals surface area contributed by atoms with Gasteiger partial charge in [0.15, 0.2) is 5.02 Å². The molecule has 2 rings (SSSR count). The number of benzene rings is 1. The van der Waals surface area contributed by atoms with Crippen molar-refractivity contribution < 1.29 is 4.92 Å². The zero-order chi connectivity index (χ0) is 13.0. The van der Waals surface area contributed by atoms with Crippen molar-refractivity contribution in [1.29, 1.82) is 0 Å². The van der Waals surface area contributed by atoms with Crippen molar-refractivity contribution >= 4 is 23.5 Å². The topological polar surface area (TPSA) is 61.0 Å². The molecule has 18 heavy (non-hydrogen) atoms. The van der Waals surface area contributed by atoms with Crippen LogP contribution in [0.5, 0.6) is 0 Å². The molecule has 0 spiro atoms. The third-order valence-corrected chi connectivity index (χ3v) is 2.54. The van der Waals surface area contributed by atoms with Gasteiger partial charge in [-0.2, -0.15) is 4.68 Å². The normalized spacial score (nSPS) is 10.9. The molecular weight excluding hydrogens is 254 g/mol. The summed E-state index contributed by atoms with van der Waals surface area (Å²) in [6.45, 7) is 0.433. The first kappa shape index (κ1) is 12.3. The molecule has 2 aromatic rings. The Kier molecular flexibility index (Phi) is 3.74. The predicted molar refractivity (Wildman–Crippen MR) is 69.4 cm³/mol. The molecule has 1 heterocycles. The molecule has 1 aromatic heterocycles. The van der Waals surface area contributed by atoms with Gasteiger partial charge >= 0.3 is 5.82 Å². The molecule has 1 aromatic carbocycles. The Hall–Kier alpha value is -2.14. The Morgan fingerprint density at radius 1 is 1.39 bits per heavy atom. The number of nitrogens with zero attached hydrogens (tertiary/aromatic N) is 3. The van der Waals surface area contributed by atoms with Crippen molar-refractivity contribution in [3.05, 3.63) is 63.3 Å². The lowest BCUT2D eigenvalue weighted by Crippen LogP contribution is -1.97. The van der Waals surface area contributed by atoms with Crippen molar-refractivity contribution in [3.8, 4) is 0 Å². The molecule has 0 aliphatic carbocycles. The van der Waals surface area contributed by atoms with Crippen LogP contribution in [0, 0.1) is 10.1 Å². The summed E-state index contributed by atoms with van der Waals surface area (Å²) < 4.78 is 1.43. The van der Waals surface area contributed by atoms with Gasteiger partial charge in [0.05, 0.1) is 17.8 Å². The summed E-state index contributed by atoms with van der Waals surface area (Å²) in [7, 11) is 0. The molecule has 0 atom stereocenters. The molecule has 5 nitrogen and oxygen atoms in total. The Morgan fingerprint density at radius 2 is 2.11 bits per heavy atom. The van der Waals surface area contributed by atoms with E-state index < -0.39 is 4.92 Å². The zero-order valence-electron chi connectivity index (χ0n) is 9.36. The van der Waals surface area contributed by atoms with Crippen LogP contribution in [0.4, 0.5) is 5.82 Å². The first-order valence-corrected chi connectivity index (χ1v) is 5.63. The van der Waals surface area contributed by atoms with Crippen molar-refractivity contribution in [2.75, 3.05) is 0 Å². The second kappa shape index (κ2) is 5.46. The van der Waals surface area contributed by atoms with Crippen LogP contribution in [-0.4, -0.2) is 14.7 Å². The minimum atomic E-state index is -0.597. The largest absolute Gasteiger partial charge is 0.408 e. The van der Waals surface area contributed by atoms with Gasteiger partial charge in [-0.1, -0.05) is 54.1 Å². The number of halogens is 1. The molecule has 0 unspecified atom stereocenters. The fourth-order valence-corrected chi connectivity index (χ4v) is 1.68. The van der Waals surface area contributed by atoms with Crippen LogP contribution in [0.25, 0.3) is 6.08 Å². The van der Waals surface area contributed by atoms with Crippen molar-refractivity contribution in [1.82, 2.24) is 9.78 Å². The number of allylic oxidation sites excluding steroid dienone is 1. The summed E-state index contributed by atoms with van der Waals surface area (Å²) in [6, 6.07) is 9.75. The lowest BCUT2D eigenvalue weighted by atomic mass is 10.2. The lowest BCUT2D eigenvalue weighted by molar-refractivity contribution is -0.389. The molecule has 0 N–H and O–H groups in total. The zero-order valence-corrected chi connectivity index (χ0v) is 10.1. The lowest BCUT2D eigenvalue weighted by Gasteiger charge is -1.91. The van der Waals surface area contributed by atoms with Gasteiger partial charge in [-0.05, 0) is 10.5 Å². The molecule has 0 radical (unpaired) electrons. The van der Waals surface area contributed by atoms with Gasteiger partial charge in [-0.15, -0.1) is 0 Å². The summed E-state index contributed by atoms with van der Waals surface area (Å²) in [6.07, 6.45) is 5.22. The van der Waals surface area contributed by atoms with Crippen LogP contribution in [0.3, 0.4) is 0 Å². The maximum absolute atomic E-state index is 10.6. The van der Waals surface area contributed by atoms with E-state index >= 15 is 0 Å². The van der Waals surface area contributed by atoms with E-state index in [-0.39, 0.29) is 10.8 Å². The number of aromatic nitrogens is 2. The predicted octanol–water partition coefficient (Wildman–Crippen LogP) is 3.16. The summed E-state index contributed by atoms with van der Waals surface area (Å²) >= 11 is 5.69. The van der Waals surface area contributed by atoms with Gasteiger partial charge in [0.25, 0.3) is 0 Å². The maximum atomic E-state index is 10.6. The standard InChI is InChI=1S/C12H10ClN3O2/c13-11-9-15(14-12(11)16(17)18)8-4-7-10-5-2-1-3-6-10/h1-7,9H,8H2. The molecule has 6 heteroatoms. The van der Waals surface area contributed by atoms with E-state index in [4.69, 9.17) is 11.6 Å². The highest BCUT2D eigenvalue weighted by molar-refractivity contribution is 6.32. The molecule has 0 amide bonds. The van der Waals surface area contributed by atoms with Crippen LogP contribution in [-0.2, 0) is 6.54 Å². The SMILES string of the molecule is O=[N+]([O-])c1nn(CC=Cc2ccccc2)cc1Cl. The fourth-order valence-electron chi connectivity index (χ4n) is 1.47. The molecule has 0 fully saturated rings. The third kappa shape index (κ3) is 2.95. The Balaban J connectivity index is 2.05. The van der Waals surface area contributed by atoms with Gasteiger partial charge in [-0.25, -0.2) is 0 Å². The highest BCUT2D eigenvalue weighted by Crippen LogP contribution is 2.21. The number of hydrogen-bond donors (Lipinski definition) is 0. The van der Waals surface area contributed by atoms with E-state index in [9.17, 15) is 10.1 Å². The van der Waals surface area contributed by atoms with E-state index in [2.05, 4.69) is 5.10 Å². The van der Waals surface area contributed by atoms with Gasteiger partial charge in [0.2, 0.25) is 0 Å². The fraction of sp³-hybridized carbons (Fsp3) is 0.0833. The van der Waals surface area contributed by atoms with Gasteiger partial charge < -0.3 is 10.1 Å². The Bertz CT molecular complexity index is 578. The van der Waals surface area contributed by atoms with E-state index in [1.807, 2.05) is 42.5 Å². The van der Waals surface area contributed by atoms with Crippen molar-refractivity contribution in [3.63, 3.8) is 0 Å². The van der Waals surface area contributed by atoms with Gasteiger partial charge in [0.1, 0.15) is 0 Å². The average molecular weight is 264 g/mol. The highest BCUT2D eigenvalue weighted by atomic mass is 35.5. The van der Waals surface area contributed by atoms with Crippen LogP contribution >= 0.6 is 11.6 Å². The third-order valence-electron chi connectivity index (χ3n) is 2.27. The number of rotatable bonds is 4. The van der Waals surface area contributed by atoms with E-state index in [1.165, 1.54) is 10.9 Å². The van der Waals surface area contributed by atoms with Crippen LogP contribution in [0.1, 0.15) is 5.56 Å². The minimum Gasteiger partial charge on any atom is -0.358 e. The number of nitro groups is 1. The van der Waals surface area contributed by atoms with Gasteiger partial charge in [-0.3, -0.25) is 0 Å². The molecule has 0 bridgehead atoms. The molecule has 0 saturated carbocycles. The highest BCUT2D eigenvalue weighted by Gasteiger charge is 2.17. The second-order valence-corrected chi connectivity index (χ2v) is 4.00. The van der Waals surface area contributed by atoms with E-state index in [0.29, 0.717) is 6.54 Å². The molecule has 92 valence electrons. The Morgan fingerprint density at radius 3 is 2.72 bits per heavy atom. The van der Waals surface area contributed by atoms with Crippen LogP contribution in [0.15, 0.2) is 42.6 Å². The smallest absolute Gasteiger partial charge is 0.358 e. The quantitative estimate of drug-likeness (QED) is 0.629. The van der Waals surface area contributed by atoms with Gasteiger partial charge in [0, 0.05) is 0 Å². The van der Waals surface area contributed by atoms with Crippen molar-refractivity contribution in [2.24, 2.45) is 0 Å². The summed E-state index contributed by atoms with van der Waals surface area (Å²) in [4.78, 5) is 9.96. The molecule has 0 aliphatic heterocycles. The summed E-state index contributed by atoms with van der Waals surface area (Å²) in [5, 5.41) is 14.4. The van der Waals surface area contributed by atoms with Crippen LogP contribution < -0.4 is 0 Å². The van der Waals surface area contributed by atoms with E-state index in [1.54, 1.807) is 0 Å². The average Bonchev–Trinajstić information content (AvgIpc) is 2.72. The maximum Gasteiger partial charge on any atom is 0.408 e. The molecule has 0 saturated heterocycles. The number of hydrogen-bond acceptors (Lipinski definition) is 3.